The third kappa shape index (κ3) is 5.63. The summed E-state index contributed by atoms with van der Waals surface area (Å²) in [6, 6.07) is 13.3. The smallest absolute Gasteiger partial charge is 0.250 e. The van der Waals surface area contributed by atoms with Crippen LogP contribution in [0.25, 0.3) is 16.9 Å². The van der Waals surface area contributed by atoms with E-state index in [0.29, 0.717) is 22.1 Å². The molecular weight excluding hydrogens is 504 g/mol. The van der Waals surface area contributed by atoms with Gasteiger partial charge in [0.2, 0.25) is 0 Å². The zero-order valence-corrected chi connectivity index (χ0v) is 25.9. The molecule has 36 heavy (non-hydrogen) atoms. The number of rotatable bonds is 7. The van der Waals surface area contributed by atoms with Crippen LogP contribution < -0.4 is 8.85 Å². The Morgan fingerprint density at radius 1 is 0.861 bits per heavy atom. The van der Waals surface area contributed by atoms with Crippen molar-refractivity contribution < 1.29 is 13.6 Å². The van der Waals surface area contributed by atoms with Crippen molar-refractivity contribution in [2.45, 2.75) is 77.8 Å². The number of halogens is 1. The van der Waals surface area contributed by atoms with Crippen LogP contribution in [0, 0.1) is 0 Å². The second-order valence-corrected chi connectivity index (χ2v) is 22.2. The van der Waals surface area contributed by atoms with Crippen LogP contribution in [0.4, 0.5) is 0 Å². The van der Waals surface area contributed by atoms with Gasteiger partial charge in [-0.1, -0.05) is 65.3 Å². The van der Waals surface area contributed by atoms with Gasteiger partial charge in [0.25, 0.3) is 16.6 Å². The highest BCUT2D eigenvalue weighted by Crippen LogP contribution is 2.45. The zero-order valence-electron chi connectivity index (χ0n) is 23.2. The molecule has 194 valence electrons. The fourth-order valence-electron chi connectivity index (χ4n) is 3.22. The van der Waals surface area contributed by atoms with E-state index in [1.54, 1.807) is 10.9 Å². The fraction of sp³-hybridized carbons (Fsp3) is 0.429. The lowest BCUT2D eigenvalue weighted by Gasteiger charge is -2.38. The molecule has 0 bridgehead atoms. The topological polar surface area (TPSA) is 53.4 Å². The number of carbonyl (C=O) groups excluding carboxylic acids is 1. The van der Waals surface area contributed by atoms with Crippen LogP contribution in [0.15, 0.2) is 48.7 Å². The highest BCUT2D eigenvalue weighted by atomic mass is 35.5. The van der Waals surface area contributed by atoms with Crippen molar-refractivity contribution in [2.24, 2.45) is 0 Å². The molecular formula is C28H39ClN2O3Si2. The first-order valence-electron chi connectivity index (χ1n) is 12.3. The van der Waals surface area contributed by atoms with E-state index in [1.807, 2.05) is 42.5 Å². The molecule has 0 N–H and O–H groups in total. The third-order valence-corrected chi connectivity index (χ3v) is 16.6. The molecule has 0 radical (unpaired) electrons. The summed E-state index contributed by atoms with van der Waals surface area (Å²) < 4.78 is 15.3. The van der Waals surface area contributed by atoms with Gasteiger partial charge in [-0.05, 0) is 60.5 Å². The van der Waals surface area contributed by atoms with Crippen LogP contribution in [0.5, 0.6) is 11.5 Å². The number of benzene rings is 2. The number of aromatic nitrogens is 2. The molecule has 3 rings (SSSR count). The van der Waals surface area contributed by atoms with Gasteiger partial charge in [-0.15, -0.1) is 0 Å². The van der Waals surface area contributed by atoms with Gasteiger partial charge in [0.15, 0.2) is 6.29 Å². The Labute approximate surface area is 223 Å². The summed E-state index contributed by atoms with van der Waals surface area (Å²) in [6.45, 7) is 22.0. The summed E-state index contributed by atoms with van der Waals surface area (Å²) in [7, 11) is -4.44. The first kappa shape index (κ1) is 28.2. The predicted octanol–water partition coefficient (Wildman–Crippen LogP) is 8.77. The predicted molar refractivity (Wildman–Crippen MR) is 155 cm³/mol. The minimum atomic E-state index is -2.23. The van der Waals surface area contributed by atoms with Crippen LogP contribution >= 0.6 is 11.6 Å². The van der Waals surface area contributed by atoms with Gasteiger partial charge in [0, 0.05) is 11.6 Å². The number of nitrogens with zero attached hydrogens (tertiary/aromatic N) is 2. The molecule has 2 aromatic carbocycles. The van der Waals surface area contributed by atoms with Crippen LogP contribution in [0.1, 0.15) is 51.9 Å². The van der Waals surface area contributed by atoms with Crippen molar-refractivity contribution >= 4 is 34.5 Å². The molecule has 0 spiro atoms. The Kier molecular flexibility index (Phi) is 7.71. The number of aldehydes is 1. The maximum absolute atomic E-state index is 12.3. The molecule has 0 atom stereocenters. The third-order valence-electron chi connectivity index (χ3n) is 7.58. The van der Waals surface area contributed by atoms with Crippen molar-refractivity contribution in [1.29, 1.82) is 0 Å². The van der Waals surface area contributed by atoms with Crippen molar-refractivity contribution in [1.82, 2.24) is 9.78 Å². The van der Waals surface area contributed by atoms with Gasteiger partial charge in [-0.2, -0.15) is 5.10 Å². The summed E-state index contributed by atoms with van der Waals surface area (Å²) in [4.78, 5) is 12.3. The highest BCUT2D eigenvalue weighted by molar-refractivity contribution is 6.75. The molecule has 1 heterocycles. The van der Waals surface area contributed by atoms with Gasteiger partial charge in [-0.25, -0.2) is 4.68 Å². The molecule has 5 nitrogen and oxygen atoms in total. The maximum Gasteiger partial charge on any atom is 0.250 e. The Morgan fingerprint density at radius 2 is 1.42 bits per heavy atom. The van der Waals surface area contributed by atoms with E-state index < -0.39 is 16.6 Å². The highest BCUT2D eigenvalue weighted by Gasteiger charge is 2.41. The second kappa shape index (κ2) is 9.84. The Hall–Kier alpha value is -2.36. The summed E-state index contributed by atoms with van der Waals surface area (Å²) >= 11 is 6.52. The summed E-state index contributed by atoms with van der Waals surface area (Å²) in [5.41, 5.74) is 2.82. The second-order valence-electron chi connectivity index (χ2n) is 12.3. The molecule has 0 aliphatic carbocycles. The molecule has 0 aliphatic heterocycles. The van der Waals surface area contributed by atoms with Gasteiger partial charge in [0.1, 0.15) is 11.5 Å². The van der Waals surface area contributed by atoms with E-state index in [4.69, 9.17) is 20.5 Å². The molecule has 0 saturated carbocycles. The average molecular weight is 543 g/mol. The van der Waals surface area contributed by atoms with Gasteiger partial charge in [-0.3, -0.25) is 4.79 Å². The summed E-state index contributed by atoms with van der Waals surface area (Å²) in [5, 5.41) is 5.11. The minimum absolute atomic E-state index is 0.0168. The monoisotopic (exact) mass is 542 g/mol. The van der Waals surface area contributed by atoms with Gasteiger partial charge in [0.05, 0.1) is 28.2 Å². The Balaban J connectivity index is 2.27. The summed E-state index contributed by atoms with van der Waals surface area (Å²) in [5.74, 6) is 1.26. The SMILES string of the molecule is CC(C)(C)[Si](C)(C)Oc1cc(O[Si](C)(C)C(C)(C)C)c(-c2ccnn2-c2ccccc2Cl)cc1C=O. The molecule has 0 aliphatic rings. The Bertz CT molecular complexity index is 1250. The lowest BCUT2D eigenvalue weighted by atomic mass is 10.1. The van der Waals surface area contributed by atoms with E-state index in [1.165, 1.54) is 0 Å². The van der Waals surface area contributed by atoms with E-state index in [-0.39, 0.29) is 10.1 Å². The largest absolute Gasteiger partial charge is 0.543 e. The fourth-order valence-corrected chi connectivity index (χ4v) is 5.50. The van der Waals surface area contributed by atoms with Gasteiger partial charge >= 0.3 is 0 Å². The normalized spacial score (nSPS) is 13.0. The zero-order chi connectivity index (χ0) is 27.1. The number of hydrogen-bond donors (Lipinski definition) is 0. The van der Waals surface area contributed by atoms with Crippen LogP contribution in [0.3, 0.4) is 0 Å². The van der Waals surface area contributed by atoms with Crippen LogP contribution in [-0.2, 0) is 0 Å². The molecule has 0 unspecified atom stereocenters. The Morgan fingerprint density at radius 3 is 1.94 bits per heavy atom. The summed E-state index contributed by atoms with van der Waals surface area (Å²) in [6.07, 6.45) is 2.59. The van der Waals surface area contributed by atoms with E-state index in [0.717, 1.165) is 23.2 Å². The van der Waals surface area contributed by atoms with Gasteiger partial charge < -0.3 is 8.85 Å². The van der Waals surface area contributed by atoms with Crippen molar-refractivity contribution in [3.8, 4) is 28.4 Å². The lowest BCUT2D eigenvalue weighted by molar-refractivity contribution is 0.112. The molecule has 0 fully saturated rings. The number of carbonyl (C=O) groups is 1. The molecule has 0 saturated heterocycles. The van der Waals surface area contributed by atoms with Crippen molar-refractivity contribution in [3.05, 3.63) is 59.2 Å². The standard InChI is InChI=1S/C28H39ClN2O3Si2/c1-27(2,3)35(7,8)33-25-18-26(34-36(9,10)28(4,5)6)21(17-20(25)19-32)23-15-16-30-31(23)24-14-12-11-13-22(24)29/h11-19H,1-10H3. The van der Waals surface area contributed by atoms with E-state index in [2.05, 4.69) is 72.8 Å². The first-order chi connectivity index (χ1) is 16.5. The quantitative estimate of drug-likeness (QED) is 0.221. The van der Waals surface area contributed by atoms with Crippen molar-refractivity contribution in [2.75, 3.05) is 0 Å². The van der Waals surface area contributed by atoms with E-state index in [9.17, 15) is 4.79 Å². The number of para-hydroxylation sites is 1. The average Bonchev–Trinajstić information content (AvgIpc) is 3.21. The molecule has 8 heteroatoms. The van der Waals surface area contributed by atoms with Crippen LogP contribution in [-0.4, -0.2) is 32.7 Å². The first-order valence-corrected chi connectivity index (χ1v) is 18.5. The minimum Gasteiger partial charge on any atom is -0.543 e. The lowest BCUT2D eigenvalue weighted by Crippen LogP contribution is -2.44. The maximum atomic E-state index is 12.3. The van der Waals surface area contributed by atoms with E-state index >= 15 is 0 Å². The van der Waals surface area contributed by atoms with Crippen molar-refractivity contribution in [3.63, 3.8) is 0 Å². The molecule has 0 amide bonds. The van der Waals surface area contributed by atoms with Crippen LogP contribution in [0.2, 0.25) is 41.3 Å². The number of hydrogen-bond acceptors (Lipinski definition) is 4. The molecule has 3 aromatic rings. The molecule has 1 aromatic heterocycles.